The van der Waals surface area contributed by atoms with Crippen LogP contribution in [0.1, 0.15) is 30.4 Å². The van der Waals surface area contributed by atoms with Crippen LogP contribution in [0.4, 0.5) is 11.4 Å². The third-order valence-corrected chi connectivity index (χ3v) is 4.67. The number of nitrogens with zero attached hydrogens (tertiary/aromatic N) is 1. The van der Waals surface area contributed by atoms with E-state index in [1.807, 2.05) is 46.8 Å². The highest BCUT2D eigenvalue weighted by molar-refractivity contribution is 7.08. The number of rotatable bonds is 2. The van der Waals surface area contributed by atoms with Crippen LogP contribution in [0.15, 0.2) is 35.0 Å². The van der Waals surface area contributed by atoms with Gasteiger partial charge >= 0.3 is 0 Å². The van der Waals surface area contributed by atoms with Crippen LogP contribution in [-0.2, 0) is 11.2 Å². The van der Waals surface area contributed by atoms with Crippen molar-refractivity contribution in [1.29, 1.82) is 0 Å². The number of carbonyl (C=O) groups is 1. The molecular weight excluding hydrogens is 268 g/mol. The number of nitrogens with two attached hydrogens (primary N) is 1. The van der Waals surface area contributed by atoms with Gasteiger partial charge in [0.1, 0.15) is 0 Å². The SMILES string of the molecule is CC(C(=O)N1CCCc2c(N)cccc21)c1ccsc1. The summed E-state index contributed by atoms with van der Waals surface area (Å²) in [7, 11) is 0. The van der Waals surface area contributed by atoms with E-state index in [1.165, 1.54) is 0 Å². The van der Waals surface area contributed by atoms with Crippen LogP contribution in [-0.4, -0.2) is 12.5 Å². The lowest BCUT2D eigenvalue weighted by atomic mass is 9.96. The molecule has 0 aliphatic carbocycles. The van der Waals surface area contributed by atoms with Crippen LogP contribution in [0.25, 0.3) is 0 Å². The third-order valence-electron chi connectivity index (χ3n) is 3.97. The largest absolute Gasteiger partial charge is 0.398 e. The summed E-state index contributed by atoms with van der Waals surface area (Å²) >= 11 is 1.63. The molecule has 2 aromatic rings. The van der Waals surface area contributed by atoms with Crippen molar-refractivity contribution in [2.75, 3.05) is 17.2 Å². The molecule has 20 heavy (non-hydrogen) atoms. The minimum Gasteiger partial charge on any atom is -0.398 e. The molecule has 0 bridgehead atoms. The van der Waals surface area contributed by atoms with Crippen molar-refractivity contribution < 1.29 is 4.79 Å². The minimum atomic E-state index is -0.103. The fourth-order valence-corrected chi connectivity index (χ4v) is 3.53. The van der Waals surface area contributed by atoms with E-state index in [-0.39, 0.29) is 11.8 Å². The number of benzene rings is 1. The van der Waals surface area contributed by atoms with Gasteiger partial charge in [0, 0.05) is 17.9 Å². The van der Waals surface area contributed by atoms with Crippen molar-refractivity contribution in [3.63, 3.8) is 0 Å². The lowest BCUT2D eigenvalue weighted by Gasteiger charge is -2.32. The fourth-order valence-electron chi connectivity index (χ4n) is 2.78. The molecule has 1 aliphatic heterocycles. The molecule has 1 atom stereocenters. The zero-order valence-corrected chi connectivity index (χ0v) is 12.3. The summed E-state index contributed by atoms with van der Waals surface area (Å²) in [6.45, 7) is 2.76. The monoisotopic (exact) mass is 286 g/mol. The maximum Gasteiger partial charge on any atom is 0.234 e. The number of fused-ring (bicyclic) bond motifs is 1. The van der Waals surface area contributed by atoms with Crippen LogP contribution in [0.2, 0.25) is 0 Å². The minimum absolute atomic E-state index is 0.103. The first-order valence-corrected chi connectivity index (χ1v) is 7.83. The Morgan fingerprint density at radius 3 is 3.00 bits per heavy atom. The average molecular weight is 286 g/mol. The topological polar surface area (TPSA) is 46.3 Å². The Morgan fingerprint density at radius 1 is 1.40 bits per heavy atom. The Morgan fingerprint density at radius 2 is 2.25 bits per heavy atom. The van der Waals surface area contributed by atoms with Gasteiger partial charge in [-0.05, 0) is 59.9 Å². The second-order valence-electron chi connectivity index (χ2n) is 5.22. The molecule has 1 amide bonds. The predicted octanol–water partition coefficient (Wildman–Crippen LogP) is 3.41. The number of anilines is 2. The lowest BCUT2D eigenvalue weighted by molar-refractivity contribution is -0.119. The summed E-state index contributed by atoms with van der Waals surface area (Å²) in [5, 5.41) is 4.06. The Kier molecular flexibility index (Phi) is 3.49. The second-order valence-corrected chi connectivity index (χ2v) is 6.00. The normalized spacial score (nSPS) is 15.8. The van der Waals surface area contributed by atoms with E-state index in [4.69, 9.17) is 5.73 Å². The van der Waals surface area contributed by atoms with Gasteiger partial charge in [-0.2, -0.15) is 11.3 Å². The zero-order valence-electron chi connectivity index (χ0n) is 11.5. The maximum absolute atomic E-state index is 12.8. The summed E-state index contributed by atoms with van der Waals surface area (Å²) in [4.78, 5) is 14.7. The van der Waals surface area contributed by atoms with Crippen LogP contribution >= 0.6 is 11.3 Å². The molecule has 2 heterocycles. The molecule has 1 aliphatic rings. The molecular formula is C16H18N2OS. The first-order chi connectivity index (χ1) is 9.68. The molecule has 0 spiro atoms. The summed E-state index contributed by atoms with van der Waals surface area (Å²) in [5.74, 6) is 0.0589. The highest BCUT2D eigenvalue weighted by Crippen LogP contribution is 2.33. The van der Waals surface area contributed by atoms with E-state index in [0.29, 0.717) is 0 Å². The van der Waals surface area contributed by atoms with Crippen LogP contribution in [0.5, 0.6) is 0 Å². The third kappa shape index (κ3) is 2.20. The van der Waals surface area contributed by atoms with E-state index in [0.717, 1.165) is 41.9 Å². The molecule has 4 heteroatoms. The second kappa shape index (κ2) is 5.29. The van der Waals surface area contributed by atoms with Crippen molar-refractivity contribution in [1.82, 2.24) is 0 Å². The van der Waals surface area contributed by atoms with Gasteiger partial charge in [-0.25, -0.2) is 0 Å². The average Bonchev–Trinajstić information content (AvgIpc) is 3.00. The Balaban J connectivity index is 1.93. The van der Waals surface area contributed by atoms with Crippen LogP contribution in [0.3, 0.4) is 0 Å². The van der Waals surface area contributed by atoms with E-state index < -0.39 is 0 Å². The molecule has 1 aromatic carbocycles. The van der Waals surface area contributed by atoms with E-state index in [2.05, 4.69) is 0 Å². The number of hydrogen-bond acceptors (Lipinski definition) is 3. The number of thiophene rings is 1. The molecule has 2 N–H and O–H groups in total. The van der Waals surface area contributed by atoms with Gasteiger partial charge in [0.2, 0.25) is 5.91 Å². The van der Waals surface area contributed by atoms with Crippen LogP contribution < -0.4 is 10.6 Å². The fraction of sp³-hybridized carbons (Fsp3) is 0.312. The molecule has 1 aromatic heterocycles. The summed E-state index contributed by atoms with van der Waals surface area (Å²) in [5.41, 5.74) is 10.0. The van der Waals surface area contributed by atoms with Gasteiger partial charge in [-0.3, -0.25) is 4.79 Å². The van der Waals surface area contributed by atoms with Crippen molar-refractivity contribution in [3.8, 4) is 0 Å². The van der Waals surface area contributed by atoms with Crippen LogP contribution in [0, 0.1) is 0 Å². The number of hydrogen-bond donors (Lipinski definition) is 1. The quantitative estimate of drug-likeness (QED) is 0.860. The van der Waals surface area contributed by atoms with E-state index in [1.54, 1.807) is 11.3 Å². The van der Waals surface area contributed by atoms with Crippen molar-refractivity contribution in [2.24, 2.45) is 0 Å². The van der Waals surface area contributed by atoms with Crippen molar-refractivity contribution >= 4 is 28.6 Å². The maximum atomic E-state index is 12.8. The van der Waals surface area contributed by atoms with Gasteiger partial charge in [-0.1, -0.05) is 6.07 Å². The summed E-state index contributed by atoms with van der Waals surface area (Å²) in [6, 6.07) is 7.87. The zero-order chi connectivity index (χ0) is 14.1. The van der Waals surface area contributed by atoms with E-state index in [9.17, 15) is 4.79 Å². The highest BCUT2D eigenvalue weighted by atomic mass is 32.1. The van der Waals surface area contributed by atoms with Gasteiger partial charge in [0.15, 0.2) is 0 Å². The molecule has 104 valence electrons. The Labute approximate surface area is 123 Å². The van der Waals surface area contributed by atoms with Crippen molar-refractivity contribution in [2.45, 2.75) is 25.7 Å². The Hall–Kier alpha value is -1.81. The van der Waals surface area contributed by atoms with E-state index >= 15 is 0 Å². The van der Waals surface area contributed by atoms with Crippen molar-refractivity contribution in [3.05, 3.63) is 46.2 Å². The number of nitrogen functional groups attached to an aromatic ring is 1. The molecule has 0 fully saturated rings. The Bertz CT molecular complexity index is 621. The van der Waals surface area contributed by atoms with Gasteiger partial charge < -0.3 is 10.6 Å². The number of amides is 1. The highest BCUT2D eigenvalue weighted by Gasteiger charge is 2.27. The standard InChI is InChI=1S/C16H18N2OS/c1-11(12-7-9-20-10-12)16(19)18-8-3-4-13-14(17)5-2-6-15(13)18/h2,5-7,9-11H,3-4,8,17H2,1H3. The molecule has 0 radical (unpaired) electrons. The summed E-state index contributed by atoms with van der Waals surface area (Å²) < 4.78 is 0. The molecule has 3 rings (SSSR count). The predicted molar refractivity (Wildman–Crippen MR) is 84.3 cm³/mol. The molecule has 1 unspecified atom stereocenters. The number of carbonyl (C=O) groups excluding carboxylic acids is 1. The molecule has 0 saturated carbocycles. The van der Waals surface area contributed by atoms with Gasteiger partial charge in [0.25, 0.3) is 0 Å². The smallest absolute Gasteiger partial charge is 0.234 e. The van der Waals surface area contributed by atoms with Gasteiger partial charge in [-0.15, -0.1) is 0 Å². The molecule has 3 nitrogen and oxygen atoms in total. The summed E-state index contributed by atoms with van der Waals surface area (Å²) in [6.07, 6.45) is 1.93. The first kappa shape index (κ1) is 13.2. The molecule has 0 saturated heterocycles. The first-order valence-electron chi connectivity index (χ1n) is 6.89. The van der Waals surface area contributed by atoms with Gasteiger partial charge in [0.05, 0.1) is 5.92 Å². The lowest BCUT2D eigenvalue weighted by Crippen LogP contribution is -2.38.